The van der Waals surface area contributed by atoms with Crippen LogP contribution in [0.3, 0.4) is 0 Å². The van der Waals surface area contributed by atoms with Gasteiger partial charge in [0, 0.05) is 11.1 Å². The summed E-state index contributed by atoms with van der Waals surface area (Å²) in [6, 6.07) is 28.5. The number of para-hydroxylation sites is 2. The summed E-state index contributed by atoms with van der Waals surface area (Å²) in [5.41, 5.74) is 3.92. The lowest BCUT2D eigenvalue weighted by Crippen LogP contribution is -2.11. The molecule has 7 aromatic rings. The Morgan fingerprint density at radius 2 is 1.04 bits per heavy atom. The molecular formula is C35H19F6N3O. The Morgan fingerprint density at radius 3 is 1.69 bits per heavy atom. The van der Waals surface area contributed by atoms with Crippen LogP contribution in [-0.2, 0) is 12.4 Å². The molecule has 0 aliphatic carbocycles. The van der Waals surface area contributed by atoms with Gasteiger partial charge >= 0.3 is 12.4 Å². The highest BCUT2D eigenvalue weighted by Crippen LogP contribution is 2.39. The van der Waals surface area contributed by atoms with E-state index in [4.69, 9.17) is 9.40 Å². The molecule has 0 amide bonds. The Balaban J connectivity index is 1.14. The van der Waals surface area contributed by atoms with Gasteiger partial charge in [-0.15, -0.1) is 0 Å². The first kappa shape index (κ1) is 28.3. The summed E-state index contributed by atoms with van der Waals surface area (Å²) in [6.07, 6.45) is -8.17. The van der Waals surface area contributed by atoms with Gasteiger partial charge in [-0.2, -0.15) is 26.3 Å². The van der Waals surface area contributed by atoms with Gasteiger partial charge in [0.15, 0.2) is 5.58 Å². The van der Waals surface area contributed by atoms with Crippen molar-refractivity contribution in [3.05, 3.63) is 127 Å². The normalized spacial score (nSPS) is 12.2. The molecule has 7 rings (SSSR count). The lowest BCUT2D eigenvalue weighted by molar-refractivity contribution is -0.143. The average Bonchev–Trinajstić information content (AvgIpc) is 3.48. The molecule has 5 aromatic carbocycles. The highest BCUT2D eigenvalue weighted by atomic mass is 19.4. The molecule has 0 N–H and O–H groups in total. The number of fused-ring (bicyclic) bond motifs is 2. The number of aromatic nitrogens is 3. The first-order valence-corrected chi connectivity index (χ1v) is 13.6. The van der Waals surface area contributed by atoms with E-state index in [-0.39, 0.29) is 17.2 Å². The molecular weight excluding hydrogens is 592 g/mol. The van der Waals surface area contributed by atoms with Gasteiger partial charge < -0.3 is 4.42 Å². The lowest BCUT2D eigenvalue weighted by atomic mass is 9.96. The molecule has 0 spiro atoms. The molecule has 0 fully saturated rings. The number of alkyl halides is 6. The number of oxazole rings is 1. The highest BCUT2D eigenvalue weighted by molar-refractivity contribution is 5.84. The molecule has 0 radical (unpaired) electrons. The van der Waals surface area contributed by atoms with Gasteiger partial charge in [-0.1, -0.05) is 54.6 Å². The summed E-state index contributed by atoms with van der Waals surface area (Å²) >= 11 is 0. The van der Waals surface area contributed by atoms with Crippen LogP contribution >= 0.6 is 0 Å². The third-order valence-corrected chi connectivity index (χ3v) is 7.40. The minimum absolute atomic E-state index is 0.119. The van der Waals surface area contributed by atoms with Gasteiger partial charge in [-0.3, -0.25) is 4.98 Å². The third kappa shape index (κ3) is 5.62. The standard InChI is InChI=1S/C35H19F6N3O/c36-34(37,38)26-15-25(16-27(18-26)35(39,40)41)21-7-5-20(6-8-21)24-13-14-28-30(17-24)42-19-31(43-28)22-9-11-23(12-10-22)33-44-29-3-1-2-4-32(29)45-33/h1-19H. The summed E-state index contributed by atoms with van der Waals surface area (Å²) in [4.78, 5) is 13.8. The molecule has 0 saturated heterocycles. The highest BCUT2D eigenvalue weighted by Gasteiger charge is 2.37. The van der Waals surface area contributed by atoms with Gasteiger partial charge in [0.25, 0.3) is 0 Å². The van der Waals surface area contributed by atoms with Crippen LogP contribution in [0.15, 0.2) is 120 Å². The van der Waals surface area contributed by atoms with E-state index in [1.54, 1.807) is 18.3 Å². The number of hydrogen-bond donors (Lipinski definition) is 0. The minimum Gasteiger partial charge on any atom is -0.436 e. The predicted octanol–water partition coefficient (Wildman–Crippen LogP) is 10.5. The van der Waals surface area contributed by atoms with Crippen molar-refractivity contribution in [2.45, 2.75) is 12.4 Å². The summed E-state index contributed by atoms with van der Waals surface area (Å²) < 4.78 is 85.7. The summed E-state index contributed by atoms with van der Waals surface area (Å²) in [5.74, 6) is 0.522. The number of halogens is 6. The maximum atomic E-state index is 13.3. The van der Waals surface area contributed by atoms with Crippen LogP contribution in [0.5, 0.6) is 0 Å². The Kier molecular flexibility index (Phi) is 6.65. The Labute approximate surface area is 251 Å². The van der Waals surface area contributed by atoms with E-state index in [0.29, 0.717) is 33.8 Å². The van der Waals surface area contributed by atoms with Gasteiger partial charge in [0.05, 0.1) is 34.1 Å². The molecule has 0 bridgehead atoms. The molecule has 0 atom stereocenters. The van der Waals surface area contributed by atoms with Crippen molar-refractivity contribution in [2.75, 3.05) is 0 Å². The molecule has 0 saturated carbocycles. The molecule has 222 valence electrons. The van der Waals surface area contributed by atoms with Gasteiger partial charge in [0.1, 0.15) is 5.52 Å². The fourth-order valence-electron chi connectivity index (χ4n) is 5.09. The van der Waals surface area contributed by atoms with E-state index in [9.17, 15) is 26.3 Å². The molecule has 10 heteroatoms. The molecule has 2 aromatic heterocycles. The largest absolute Gasteiger partial charge is 0.436 e. The van der Waals surface area contributed by atoms with Crippen LogP contribution in [0.1, 0.15) is 11.1 Å². The minimum atomic E-state index is -4.92. The van der Waals surface area contributed by atoms with Crippen molar-refractivity contribution >= 4 is 22.1 Å². The van der Waals surface area contributed by atoms with Gasteiger partial charge in [-0.25, -0.2) is 9.97 Å². The fourth-order valence-corrected chi connectivity index (χ4v) is 5.09. The summed E-state index contributed by atoms with van der Waals surface area (Å²) in [6.45, 7) is 0. The molecule has 0 aliphatic heterocycles. The SMILES string of the molecule is FC(F)(F)c1cc(-c2ccc(-c3ccc4nc(-c5ccc(-c6nc7ccccc7o6)cc5)cnc4c3)cc2)cc(C(F)(F)F)c1. The first-order chi connectivity index (χ1) is 21.5. The zero-order chi connectivity index (χ0) is 31.3. The molecule has 0 aliphatic rings. The summed E-state index contributed by atoms with van der Waals surface area (Å²) in [7, 11) is 0. The topological polar surface area (TPSA) is 51.8 Å². The first-order valence-electron chi connectivity index (χ1n) is 13.6. The van der Waals surface area contributed by atoms with Crippen LogP contribution in [0, 0.1) is 0 Å². The molecule has 45 heavy (non-hydrogen) atoms. The van der Waals surface area contributed by atoms with Crippen molar-refractivity contribution in [2.24, 2.45) is 0 Å². The van der Waals surface area contributed by atoms with Gasteiger partial charge in [-0.05, 0) is 76.9 Å². The molecule has 4 nitrogen and oxygen atoms in total. The second-order valence-electron chi connectivity index (χ2n) is 10.4. The van der Waals surface area contributed by atoms with E-state index in [2.05, 4.69) is 9.97 Å². The molecule has 0 unspecified atom stereocenters. The smallest absolute Gasteiger partial charge is 0.416 e. The van der Waals surface area contributed by atoms with E-state index in [0.717, 1.165) is 34.3 Å². The van der Waals surface area contributed by atoms with Crippen LogP contribution < -0.4 is 0 Å². The van der Waals surface area contributed by atoms with E-state index >= 15 is 0 Å². The second-order valence-corrected chi connectivity index (χ2v) is 10.4. The monoisotopic (exact) mass is 611 g/mol. The van der Waals surface area contributed by atoms with Crippen molar-refractivity contribution in [1.82, 2.24) is 15.0 Å². The quantitative estimate of drug-likeness (QED) is 0.186. The number of rotatable bonds is 4. The Hall–Kier alpha value is -5.51. The zero-order valence-electron chi connectivity index (χ0n) is 23.0. The predicted molar refractivity (Wildman–Crippen MR) is 159 cm³/mol. The van der Waals surface area contributed by atoms with Crippen molar-refractivity contribution in [3.63, 3.8) is 0 Å². The van der Waals surface area contributed by atoms with E-state index in [1.165, 1.54) is 12.1 Å². The number of nitrogens with zero attached hydrogens (tertiary/aromatic N) is 3. The summed E-state index contributed by atoms with van der Waals surface area (Å²) in [5, 5.41) is 0. The average molecular weight is 612 g/mol. The maximum Gasteiger partial charge on any atom is 0.416 e. The van der Waals surface area contributed by atoms with Crippen LogP contribution in [0.2, 0.25) is 0 Å². The van der Waals surface area contributed by atoms with Crippen LogP contribution in [0.25, 0.3) is 67.1 Å². The van der Waals surface area contributed by atoms with Crippen molar-refractivity contribution < 1.29 is 30.8 Å². The molecule has 2 heterocycles. The number of benzene rings is 5. The second kappa shape index (κ2) is 10.6. The fraction of sp³-hybridized carbons (Fsp3) is 0.0571. The van der Waals surface area contributed by atoms with Crippen LogP contribution in [0.4, 0.5) is 26.3 Å². The number of hydrogen-bond acceptors (Lipinski definition) is 4. The Morgan fingerprint density at radius 1 is 0.467 bits per heavy atom. The van der Waals surface area contributed by atoms with E-state index < -0.39 is 23.5 Å². The van der Waals surface area contributed by atoms with Crippen molar-refractivity contribution in [1.29, 1.82) is 0 Å². The zero-order valence-corrected chi connectivity index (χ0v) is 23.0. The van der Waals surface area contributed by atoms with Gasteiger partial charge in [0.2, 0.25) is 5.89 Å². The van der Waals surface area contributed by atoms with Crippen molar-refractivity contribution in [3.8, 4) is 45.0 Å². The van der Waals surface area contributed by atoms with Crippen LogP contribution in [-0.4, -0.2) is 15.0 Å². The Bertz CT molecular complexity index is 2120. The van der Waals surface area contributed by atoms with E-state index in [1.807, 2.05) is 66.7 Å². The lowest BCUT2D eigenvalue weighted by Gasteiger charge is -2.14. The maximum absolute atomic E-state index is 13.3. The third-order valence-electron chi connectivity index (χ3n) is 7.40.